The summed E-state index contributed by atoms with van der Waals surface area (Å²) < 4.78 is 19.5. The van der Waals surface area contributed by atoms with Crippen molar-refractivity contribution < 1.29 is 9.13 Å². The molecular weight excluding hydrogens is 483 g/mol. The Morgan fingerprint density at radius 2 is 1.82 bits per heavy atom. The van der Waals surface area contributed by atoms with Crippen LogP contribution in [0.25, 0.3) is 55.6 Å². The van der Waals surface area contributed by atoms with E-state index in [4.69, 9.17) is 15.5 Å². The van der Waals surface area contributed by atoms with E-state index in [2.05, 4.69) is 36.1 Å². The number of methoxy groups -OCH3 is 1. The van der Waals surface area contributed by atoms with Crippen molar-refractivity contribution in [3.8, 4) is 39.5 Å². The smallest absolute Gasteiger partial charge is 0.147 e. The summed E-state index contributed by atoms with van der Waals surface area (Å²) in [7, 11) is 1.52. The van der Waals surface area contributed by atoms with Crippen LogP contribution >= 0.6 is 0 Å². The van der Waals surface area contributed by atoms with Crippen LogP contribution in [0.2, 0.25) is 0 Å². The maximum atomic E-state index is 14.3. The Bertz CT molecular complexity index is 1820. The zero-order chi connectivity index (χ0) is 25.8. The van der Waals surface area contributed by atoms with Gasteiger partial charge in [-0.3, -0.25) is 15.1 Å². The van der Waals surface area contributed by atoms with Crippen LogP contribution in [0.3, 0.4) is 0 Å². The topological polar surface area (TPSA) is 122 Å². The van der Waals surface area contributed by atoms with Crippen LogP contribution in [-0.2, 0) is 0 Å². The molecule has 9 nitrogen and oxygen atoms in total. The fraction of sp³-hybridized carbons (Fsp3) is 0.143. The Morgan fingerprint density at radius 1 is 0.947 bits per heavy atom. The Labute approximate surface area is 216 Å². The molecule has 0 saturated carbocycles. The molecule has 38 heavy (non-hydrogen) atoms. The van der Waals surface area contributed by atoms with E-state index < -0.39 is 0 Å². The van der Waals surface area contributed by atoms with Crippen molar-refractivity contribution in [1.82, 2.24) is 30.1 Å². The van der Waals surface area contributed by atoms with Gasteiger partial charge in [0.05, 0.1) is 48.1 Å². The van der Waals surface area contributed by atoms with Gasteiger partial charge in [-0.05, 0) is 35.9 Å². The Morgan fingerprint density at radius 3 is 2.66 bits per heavy atom. The number of benzene rings is 2. The van der Waals surface area contributed by atoms with Gasteiger partial charge in [0.15, 0.2) is 0 Å². The van der Waals surface area contributed by atoms with E-state index in [9.17, 15) is 4.39 Å². The van der Waals surface area contributed by atoms with Crippen molar-refractivity contribution in [2.45, 2.75) is 6.04 Å². The highest BCUT2D eigenvalue weighted by molar-refractivity contribution is 6.01. The average Bonchev–Trinajstić information content (AvgIpc) is 3.54. The van der Waals surface area contributed by atoms with Crippen LogP contribution in [0.15, 0.2) is 67.3 Å². The first-order valence-electron chi connectivity index (χ1n) is 12.2. The second kappa shape index (κ2) is 8.63. The lowest BCUT2D eigenvalue weighted by molar-refractivity contribution is 0.411. The van der Waals surface area contributed by atoms with Gasteiger partial charge in [0.25, 0.3) is 0 Å². The third-order valence-electron chi connectivity index (χ3n) is 6.93. The van der Waals surface area contributed by atoms with Crippen molar-refractivity contribution in [3.05, 3.63) is 73.1 Å². The van der Waals surface area contributed by atoms with Gasteiger partial charge in [0.1, 0.15) is 23.1 Å². The molecule has 0 atom stereocenters. The Hall–Kier alpha value is -4.83. The number of anilines is 1. The number of aromatic nitrogens is 6. The van der Waals surface area contributed by atoms with E-state index in [-0.39, 0.29) is 11.9 Å². The van der Waals surface area contributed by atoms with E-state index in [0.29, 0.717) is 11.3 Å². The third kappa shape index (κ3) is 3.73. The Balaban J connectivity index is 1.30. The molecule has 10 heteroatoms. The first-order chi connectivity index (χ1) is 18.6. The normalized spacial score (nSPS) is 13.8. The SMILES string of the molecule is COc1cc(F)cc(-c2cncc3[nH]c(-c4n[nH]c5ccc(-c6cncc(N7CC(N)C7)n6)cc45)cc23)c1. The third-order valence-corrected chi connectivity index (χ3v) is 6.93. The van der Waals surface area contributed by atoms with Crippen molar-refractivity contribution in [2.24, 2.45) is 5.73 Å². The summed E-state index contributed by atoms with van der Waals surface area (Å²) in [4.78, 5) is 19.1. The van der Waals surface area contributed by atoms with Gasteiger partial charge in [-0.25, -0.2) is 9.37 Å². The zero-order valence-electron chi connectivity index (χ0n) is 20.4. The molecule has 4 N–H and O–H groups in total. The largest absolute Gasteiger partial charge is 0.497 e. The lowest BCUT2D eigenvalue weighted by Crippen LogP contribution is -2.56. The summed E-state index contributed by atoms with van der Waals surface area (Å²) in [5.41, 5.74) is 12.4. The number of fused-ring (bicyclic) bond motifs is 2. The minimum atomic E-state index is -0.373. The number of hydrogen-bond acceptors (Lipinski definition) is 7. The van der Waals surface area contributed by atoms with Gasteiger partial charge in [-0.15, -0.1) is 0 Å². The fourth-order valence-corrected chi connectivity index (χ4v) is 4.97. The van der Waals surface area contributed by atoms with Crippen molar-refractivity contribution >= 4 is 27.6 Å². The van der Waals surface area contributed by atoms with Crippen LogP contribution in [0.5, 0.6) is 5.75 Å². The van der Waals surface area contributed by atoms with Gasteiger partial charge in [0.2, 0.25) is 0 Å². The molecule has 7 rings (SSSR count). The zero-order valence-corrected chi connectivity index (χ0v) is 20.4. The van der Waals surface area contributed by atoms with Crippen molar-refractivity contribution in [2.75, 3.05) is 25.1 Å². The first kappa shape index (κ1) is 22.4. The predicted molar refractivity (Wildman–Crippen MR) is 144 cm³/mol. The molecule has 4 aromatic heterocycles. The molecular formula is C28H23FN8O. The van der Waals surface area contributed by atoms with Crippen molar-refractivity contribution in [3.63, 3.8) is 0 Å². The first-order valence-corrected chi connectivity index (χ1v) is 12.2. The number of pyridine rings is 1. The van der Waals surface area contributed by atoms with E-state index in [0.717, 1.165) is 68.9 Å². The molecule has 0 radical (unpaired) electrons. The lowest BCUT2D eigenvalue weighted by atomic mass is 10.0. The van der Waals surface area contributed by atoms with Gasteiger partial charge in [-0.1, -0.05) is 6.07 Å². The van der Waals surface area contributed by atoms with Gasteiger partial charge >= 0.3 is 0 Å². The summed E-state index contributed by atoms with van der Waals surface area (Å²) in [5, 5.41) is 9.57. The molecule has 1 fully saturated rings. The summed E-state index contributed by atoms with van der Waals surface area (Å²) >= 11 is 0. The Kier molecular flexibility index (Phi) is 5.08. The number of H-pyrrole nitrogens is 2. The van der Waals surface area contributed by atoms with Crippen LogP contribution in [0.4, 0.5) is 10.2 Å². The summed E-state index contributed by atoms with van der Waals surface area (Å²) in [6, 6.07) is 12.9. The molecule has 6 aromatic rings. The molecule has 1 saturated heterocycles. The molecule has 0 bridgehead atoms. The summed E-state index contributed by atoms with van der Waals surface area (Å²) in [6.45, 7) is 1.56. The highest BCUT2D eigenvalue weighted by atomic mass is 19.1. The molecule has 5 heterocycles. The number of nitrogens with zero attached hydrogens (tertiary/aromatic N) is 5. The van der Waals surface area contributed by atoms with E-state index in [1.165, 1.54) is 19.2 Å². The van der Waals surface area contributed by atoms with E-state index in [1.807, 2.05) is 18.2 Å². The molecule has 0 unspecified atom stereocenters. The van der Waals surface area contributed by atoms with Crippen molar-refractivity contribution in [1.29, 1.82) is 0 Å². The van der Waals surface area contributed by atoms with E-state index >= 15 is 0 Å². The molecule has 0 amide bonds. The summed E-state index contributed by atoms with van der Waals surface area (Å²) in [5.74, 6) is 0.895. The summed E-state index contributed by atoms with van der Waals surface area (Å²) in [6.07, 6.45) is 7.01. The number of nitrogens with one attached hydrogen (secondary N) is 2. The number of aromatic amines is 2. The quantitative estimate of drug-likeness (QED) is 0.314. The number of nitrogens with two attached hydrogens (primary N) is 1. The maximum absolute atomic E-state index is 14.3. The fourth-order valence-electron chi connectivity index (χ4n) is 4.97. The molecule has 0 spiro atoms. The van der Waals surface area contributed by atoms with E-state index in [1.54, 1.807) is 30.9 Å². The molecule has 188 valence electrons. The predicted octanol–water partition coefficient (Wildman–Crippen LogP) is 4.53. The average molecular weight is 507 g/mol. The minimum absolute atomic E-state index is 0.181. The number of ether oxygens (including phenoxy) is 1. The lowest BCUT2D eigenvalue weighted by Gasteiger charge is -2.37. The highest BCUT2D eigenvalue weighted by Gasteiger charge is 2.24. The van der Waals surface area contributed by atoms with Crippen LogP contribution in [0, 0.1) is 5.82 Å². The molecule has 1 aliphatic rings. The number of rotatable bonds is 5. The van der Waals surface area contributed by atoms with Crippen LogP contribution < -0.4 is 15.4 Å². The molecule has 1 aliphatic heterocycles. The molecule has 0 aliphatic carbocycles. The second-order valence-electron chi connectivity index (χ2n) is 9.47. The number of hydrogen-bond donors (Lipinski definition) is 3. The monoisotopic (exact) mass is 506 g/mol. The minimum Gasteiger partial charge on any atom is -0.497 e. The second-order valence-corrected chi connectivity index (χ2v) is 9.47. The number of halogens is 1. The standard InChI is InChI=1S/C28H23FN8O/c1-38-19-5-16(4-17(29)7-19)22-9-31-11-26-20(22)8-24(33-26)28-21-6-15(2-3-23(21)35-36-28)25-10-32-12-27(34-25)37-13-18(30)14-37/h2-12,18,33H,13-14,30H2,1H3,(H,35,36). The van der Waals surface area contributed by atoms with Crippen LogP contribution in [-0.4, -0.2) is 56.4 Å². The highest BCUT2D eigenvalue weighted by Crippen LogP contribution is 2.36. The van der Waals surface area contributed by atoms with Gasteiger partial charge in [-0.2, -0.15) is 5.10 Å². The van der Waals surface area contributed by atoms with Gasteiger partial charge < -0.3 is 20.4 Å². The maximum Gasteiger partial charge on any atom is 0.147 e. The van der Waals surface area contributed by atoms with Gasteiger partial charge in [0, 0.05) is 53.3 Å². The molecule has 2 aromatic carbocycles. The van der Waals surface area contributed by atoms with Crippen LogP contribution in [0.1, 0.15) is 0 Å².